The highest BCUT2D eigenvalue weighted by molar-refractivity contribution is 5.86. The molecule has 0 bridgehead atoms. The van der Waals surface area contributed by atoms with Gasteiger partial charge in [-0.25, -0.2) is 18.6 Å². The number of hydrogen-bond donors (Lipinski definition) is 4. The van der Waals surface area contributed by atoms with Crippen molar-refractivity contribution in [2.75, 3.05) is 6.54 Å². The van der Waals surface area contributed by atoms with E-state index in [9.17, 15) is 23.5 Å². The first-order valence-electron chi connectivity index (χ1n) is 15.6. The molecule has 2 amide bonds. The van der Waals surface area contributed by atoms with E-state index in [1.54, 1.807) is 33.3 Å². The van der Waals surface area contributed by atoms with Gasteiger partial charge in [-0.05, 0) is 68.9 Å². The molecule has 0 aliphatic rings. The van der Waals surface area contributed by atoms with Crippen LogP contribution in [-0.4, -0.2) is 57.0 Å². The first-order valence-corrected chi connectivity index (χ1v) is 15.6. The zero-order chi connectivity index (χ0) is 33.0. The Labute approximate surface area is 264 Å². The number of aliphatic hydroxyl groups excluding tert-OH is 1. The van der Waals surface area contributed by atoms with E-state index < -0.39 is 47.4 Å². The lowest BCUT2D eigenvalue weighted by molar-refractivity contribution is -0.124. The summed E-state index contributed by atoms with van der Waals surface area (Å²) in [5.74, 6) is -2.10. The van der Waals surface area contributed by atoms with Crippen LogP contribution < -0.4 is 16.0 Å². The third kappa shape index (κ3) is 12.2. The normalized spacial score (nSPS) is 13.6. The lowest BCUT2D eigenvalue weighted by Crippen LogP contribution is -2.56. The SMILES string of the molecule is CCCCn1cncc1C[C@H](NC(=O)OC(C)(C)C)C(=O)N[C@H](Cc1cc(F)cc(F)c1)[C@@H](O)CNCc1cccc(CC)c1. The number of nitrogens with one attached hydrogen (secondary N) is 3. The van der Waals surface area contributed by atoms with Crippen LogP contribution in [0.3, 0.4) is 0 Å². The maximum atomic E-state index is 14.1. The molecule has 11 heteroatoms. The molecule has 246 valence electrons. The summed E-state index contributed by atoms with van der Waals surface area (Å²) in [6, 6.07) is 9.14. The molecule has 1 aromatic heterocycles. The van der Waals surface area contributed by atoms with Crippen molar-refractivity contribution in [2.45, 2.75) is 104 Å². The molecule has 2 aromatic carbocycles. The summed E-state index contributed by atoms with van der Waals surface area (Å²) >= 11 is 0. The lowest BCUT2D eigenvalue weighted by atomic mass is 9.99. The second-order valence-corrected chi connectivity index (χ2v) is 12.3. The molecule has 1 heterocycles. The number of aryl methyl sites for hydroxylation is 2. The monoisotopic (exact) mass is 627 g/mol. The number of aliphatic hydroxyl groups is 1. The highest BCUT2D eigenvalue weighted by atomic mass is 19.1. The summed E-state index contributed by atoms with van der Waals surface area (Å²) in [6.45, 7) is 10.6. The number of hydrogen-bond acceptors (Lipinski definition) is 6. The number of benzene rings is 2. The minimum absolute atomic E-state index is 0.0534. The Bertz CT molecular complexity index is 1370. The fourth-order valence-corrected chi connectivity index (χ4v) is 4.93. The Morgan fingerprint density at radius 2 is 1.71 bits per heavy atom. The third-order valence-electron chi connectivity index (χ3n) is 7.22. The number of carbonyl (C=O) groups excluding carboxylic acids is 2. The van der Waals surface area contributed by atoms with Gasteiger partial charge in [0.2, 0.25) is 5.91 Å². The number of imidazole rings is 1. The van der Waals surface area contributed by atoms with Gasteiger partial charge in [-0.2, -0.15) is 0 Å². The summed E-state index contributed by atoms with van der Waals surface area (Å²) in [7, 11) is 0. The van der Waals surface area contributed by atoms with Crippen molar-refractivity contribution in [3.8, 4) is 0 Å². The Kier molecular flexibility index (Phi) is 13.5. The second kappa shape index (κ2) is 17.0. The van der Waals surface area contributed by atoms with Crippen molar-refractivity contribution in [1.82, 2.24) is 25.5 Å². The van der Waals surface area contributed by atoms with E-state index in [2.05, 4.69) is 40.8 Å². The van der Waals surface area contributed by atoms with Crippen LogP contribution >= 0.6 is 0 Å². The van der Waals surface area contributed by atoms with Gasteiger partial charge in [0, 0.05) is 44.0 Å². The summed E-state index contributed by atoms with van der Waals surface area (Å²) < 4.78 is 35.5. The largest absolute Gasteiger partial charge is 0.444 e. The number of ether oxygens (including phenoxy) is 1. The first-order chi connectivity index (χ1) is 21.4. The number of halogens is 2. The number of aromatic nitrogens is 2. The Morgan fingerprint density at radius 1 is 1.00 bits per heavy atom. The highest BCUT2D eigenvalue weighted by Crippen LogP contribution is 2.14. The number of alkyl carbamates (subject to hydrolysis) is 1. The van der Waals surface area contributed by atoms with Crippen LogP contribution in [0.5, 0.6) is 0 Å². The number of unbranched alkanes of at least 4 members (excludes halogenated alkanes) is 1. The van der Waals surface area contributed by atoms with Gasteiger partial charge in [0.15, 0.2) is 0 Å². The molecular formula is C34H47F2N5O4. The topological polar surface area (TPSA) is 118 Å². The minimum atomic E-state index is -1.13. The zero-order valence-corrected chi connectivity index (χ0v) is 26.9. The maximum Gasteiger partial charge on any atom is 0.408 e. The number of amides is 2. The van der Waals surface area contributed by atoms with Crippen molar-refractivity contribution in [1.29, 1.82) is 0 Å². The van der Waals surface area contributed by atoms with Gasteiger partial charge in [0.25, 0.3) is 0 Å². The summed E-state index contributed by atoms with van der Waals surface area (Å²) in [6.07, 6.45) is 4.25. The number of carbonyl (C=O) groups is 2. The van der Waals surface area contributed by atoms with E-state index in [0.29, 0.717) is 13.1 Å². The molecule has 3 rings (SSSR count). The average molecular weight is 628 g/mol. The molecule has 3 atom stereocenters. The fraction of sp³-hybridized carbons (Fsp3) is 0.500. The Hall–Kier alpha value is -3.83. The molecule has 0 saturated heterocycles. The van der Waals surface area contributed by atoms with E-state index in [0.717, 1.165) is 36.6 Å². The standard InChI is InChI=1S/C34H47F2N5O4/c1-6-8-12-41-22-38-20-28(41)18-30(40-33(44)45-34(3,4)5)32(43)39-29(16-25-14-26(35)17-27(36)15-25)31(42)21-37-19-24-11-9-10-23(7-2)13-24/h9-11,13-15,17,20,22,29-31,37,42H,6-8,12,16,18-19,21H2,1-5H3,(H,39,43)(H,40,44)/t29-,30+,31+/m1/s1. The van der Waals surface area contributed by atoms with Gasteiger partial charge in [-0.3, -0.25) is 4.79 Å². The molecule has 0 saturated carbocycles. The van der Waals surface area contributed by atoms with Crippen LogP contribution in [-0.2, 0) is 41.9 Å². The van der Waals surface area contributed by atoms with Crippen LogP contribution in [0.4, 0.5) is 13.6 Å². The van der Waals surface area contributed by atoms with Crippen molar-refractivity contribution in [3.05, 3.63) is 89.0 Å². The predicted octanol–water partition coefficient (Wildman–Crippen LogP) is 4.84. The molecular weight excluding hydrogens is 580 g/mol. The van der Waals surface area contributed by atoms with Crippen LogP contribution in [0, 0.1) is 11.6 Å². The highest BCUT2D eigenvalue weighted by Gasteiger charge is 2.30. The van der Waals surface area contributed by atoms with Gasteiger partial charge < -0.3 is 30.4 Å². The van der Waals surface area contributed by atoms with Gasteiger partial charge in [-0.1, -0.05) is 44.5 Å². The minimum Gasteiger partial charge on any atom is -0.444 e. The molecule has 9 nitrogen and oxygen atoms in total. The Morgan fingerprint density at radius 3 is 2.38 bits per heavy atom. The molecule has 0 unspecified atom stereocenters. The van der Waals surface area contributed by atoms with Crippen molar-refractivity contribution < 1.29 is 28.2 Å². The van der Waals surface area contributed by atoms with E-state index in [4.69, 9.17) is 4.74 Å². The third-order valence-corrected chi connectivity index (χ3v) is 7.22. The summed E-state index contributed by atoms with van der Waals surface area (Å²) in [5, 5.41) is 20.0. The molecule has 0 aliphatic heterocycles. The van der Waals surface area contributed by atoms with Crippen LogP contribution in [0.1, 0.15) is 69.8 Å². The van der Waals surface area contributed by atoms with E-state index in [1.165, 1.54) is 17.7 Å². The molecule has 0 radical (unpaired) electrons. The smallest absolute Gasteiger partial charge is 0.408 e. The quantitative estimate of drug-likeness (QED) is 0.181. The van der Waals surface area contributed by atoms with Crippen LogP contribution in [0.25, 0.3) is 0 Å². The fourth-order valence-electron chi connectivity index (χ4n) is 4.93. The lowest BCUT2D eigenvalue weighted by Gasteiger charge is -2.28. The maximum absolute atomic E-state index is 14.1. The van der Waals surface area contributed by atoms with E-state index >= 15 is 0 Å². The van der Waals surface area contributed by atoms with Gasteiger partial charge in [-0.15, -0.1) is 0 Å². The molecule has 0 aliphatic carbocycles. The predicted molar refractivity (Wildman–Crippen MR) is 170 cm³/mol. The van der Waals surface area contributed by atoms with Gasteiger partial charge in [0.05, 0.1) is 18.5 Å². The second-order valence-electron chi connectivity index (χ2n) is 12.3. The molecule has 0 spiro atoms. The summed E-state index contributed by atoms with van der Waals surface area (Å²) in [4.78, 5) is 30.8. The molecule has 45 heavy (non-hydrogen) atoms. The zero-order valence-electron chi connectivity index (χ0n) is 26.9. The Balaban J connectivity index is 1.82. The number of rotatable bonds is 16. The van der Waals surface area contributed by atoms with Crippen molar-refractivity contribution >= 4 is 12.0 Å². The number of nitrogens with zero attached hydrogens (tertiary/aromatic N) is 2. The van der Waals surface area contributed by atoms with Crippen LogP contribution in [0.15, 0.2) is 55.0 Å². The molecule has 4 N–H and O–H groups in total. The van der Waals surface area contributed by atoms with E-state index in [1.807, 2.05) is 22.8 Å². The van der Waals surface area contributed by atoms with E-state index in [-0.39, 0.29) is 24.9 Å². The van der Waals surface area contributed by atoms with Crippen molar-refractivity contribution in [2.24, 2.45) is 0 Å². The van der Waals surface area contributed by atoms with Crippen LogP contribution in [0.2, 0.25) is 0 Å². The van der Waals surface area contributed by atoms with Gasteiger partial charge in [0.1, 0.15) is 23.3 Å². The summed E-state index contributed by atoms with van der Waals surface area (Å²) in [5.41, 5.74) is 2.43. The van der Waals surface area contributed by atoms with Crippen molar-refractivity contribution in [3.63, 3.8) is 0 Å². The van der Waals surface area contributed by atoms with Gasteiger partial charge >= 0.3 is 6.09 Å². The molecule has 0 fully saturated rings. The molecule has 3 aromatic rings. The average Bonchev–Trinajstić information content (AvgIpc) is 3.40. The first kappa shape index (κ1) is 35.6.